The molecule has 0 heterocycles. The molecule has 3 aliphatic rings. The third-order valence-electron chi connectivity index (χ3n) is 5.84. The van der Waals surface area contributed by atoms with Crippen LogP contribution in [0.2, 0.25) is 0 Å². The van der Waals surface area contributed by atoms with E-state index in [9.17, 15) is 8.42 Å². The molecule has 22 heavy (non-hydrogen) atoms. The molecule has 0 radical (unpaired) electrons. The van der Waals surface area contributed by atoms with Gasteiger partial charge >= 0.3 is 0 Å². The topological polar surface area (TPSA) is 58.5 Å². The van der Waals surface area contributed by atoms with Gasteiger partial charge in [-0.2, -0.15) is 13.5 Å². The molecule has 2 bridgehead atoms. The Labute approximate surface area is 132 Å². The van der Waals surface area contributed by atoms with Crippen molar-refractivity contribution in [1.29, 1.82) is 0 Å². The molecule has 1 aromatic rings. The van der Waals surface area contributed by atoms with Crippen molar-refractivity contribution in [2.45, 2.75) is 43.9 Å². The Bertz CT molecular complexity index is 709. The van der Waals surface area contributed by atoms with Crippen LogP contribution < -0.4 is 4.83 Å². The normalized spacial score (nSPS) is 35.0. The molecule has 1 N–H and O–H groups in total. The van der Waals surface area contributed by atoms with Crippen molar-refractivity contribution in [3.63, 3.8) is 0 Å². The first-order valence-corrected chi connectivity index (χ1v) is 9.68. The van der Waals surface area contributed by atoms with Crippen LogP contribution in [0, 0.1) is 30.6 Å². The van der Waals surface area contributed by atoms with Gasteiger partial charge in [-0.1, -0.05) is 24.1 Å². The maximum atomic E-state index is 12.3. The molecule has 4 rings (SSSR count). The van der Waals surface area contributed by atoms with E-state index in [4.69, 9.17) is 0 Å². The number of hydrogen-bond acceptors (Lipinski definition) is 3. The molecule has 0 aromatic heterocycles. The number of nitrogens with zero attached hydrogens (tertiary/aromatic N) is 1. The molecule has 0 amide bonds. The van der Waals surface area contributed by atoms with E-state index in [0.29, 0.717) is 5.92 Å². The van der Waals surface area contributed by atoms with E-state index in [0.717, 1.165) is 35.4 Å². The van der Waals surface area contributed by atoms with Crippen LogP contribution in [0.25, 0.3) is 0 Å². The second-order valence-electron chi connectivity index (χ2n) is 7.08. The summed E-state index contributed by atoms with van der Waals surface area (Å²) in [7, 11) is -3.54. The minimum Gasteiger partial charge on any atom is -0.200 e. The van der Waals surface area contributed by atoms with Gasteiger partial charge in [0.2, 0.25) is 0 Å². The van der Waals surface area contributed by atoms with Gasteiger partial charge < -0.3 is 0 Å². The van der Waals surface area contributed by atoms with Gasteiger partial charge in [-0.3, -0.25) is 0 Å². The molecule has 3 aliphatic carbocycles. The summed E-state index contributed by atoms with van der Waals surface area (Å²) >= 11 is 0. The first-order chi connectivity index (χ1) is 10.5. The molecule has 5 heteroatoms. The van der Waals surface area contributed by atoms with Crippen molar-refractivity contribution in [2.75, 3.05) is 0 Å². The van der Waals surface area contributed by atoms with E-state index in [2.05, 4.69) is 9.93 Å². The zero-order valence-corrected chi connectivity index (χ0v) is 13.6. The molecule has 0 spiro atoms. The SMILES string of the molecule is Cc1ccc(S(=O)(=O)NN=C2CC3CC2C2CCCC32)cc1. The second kappa shape index (κ2) is 5.08. The first kappa shape index (κ1) is 14.2. The summed E-state index contributed by atoms with van der Waals surface area (Å²) in [5.41, 5.74) is 2.13. The third kappa shape index (κ3) is 2.26. The number of rotatable bonds is 3. The molecule has 4 unspecified atom stereocenters. The van der Waals surface area contributed by atoms with Crippen LogP contribution in [0.15, 0.2) is 34.3 Å². The number of nitrogens with one attached hydrogen (secondary N) is 1. The largest absolute Gasteiger partial charge is 0.276 e. The lowest BCUT2D eigenvalue weighted by Gasteiger charge is -2.25. The number of fused-ring (bicyclic) bond motifs is 5. The molecule has 3 saturated carbocycles. The number of benzene rings is 1. The van der Waals surface area contributed by atoms with E-state index in [1.165, 1.54) is 25.7 Å². The van der Waals surface area contributed by atoms with Crippen LogP contribution in [0.5, 0.6) is 0 Å². The maximum absolute atomic E-state index is 12.3. The third-order valence-corrected chi connectivity index (χ3v) is 7.07. The molecule has 4 atom stereocenters. The van der Waals surface area contributed by atoms with Crippen LogP contribution in [0.3, 0.4) is 0 Å². The number of hydrogen-bond donors (Lipinski definition) is 1. The van der Waals surface area contributed by atoms with Crippen LogP contribution in [-0.2, 0) is 10.0 Å². The molecule has 0 saturated heterocycles. The van der Waals surface area contributed by atoms with Gasteiger partial charge in [0.05, 0.1) is 4.90 Å². The van der Waals surface area contributed by atoms with Gasteiger partial charge in [-0.05, 0) is 62.5 Å². The summed E-state index contributed by atoms with van der Waals surface area (Å²) in [6, 6.07) is 6.88. The van der Waals surface area contributed by atoms with E-state index >= 15 is 0 Å². The second-order valence-corrected chi connectivity index (χ2v) is 8.74. The lowest BCUT2D eigenvalue weighted by atomic mass is 9.81. The molecule has 0 aliphatic heterocycles. The Morgan fingerprint density at radius 1 is 1.14 bits per heavy atom. The minimum atomic E-state index is -3.54. The van der Waals surface area contributed by atoms with Crippen molar-refractivity contribution in [2.24, 2.45) is 28.8 Å². The summed E-state index contributed by atoms with van der Waals surface area (Å²) in [5, 5.41) is 4.32. The highest BCUT2D eigenvalue weighted by Crippen LogP contribution is 2.57. The van der Waals surface area contributed by atoms with Gasteiger partial charge in [0.15, 0.2) is 0 Å². The summed E-state index contributed by atoms with van der Waals surface area (Å²) in [6.45, 7) is 1.94. The van der Waals surface area contributed by atoms with Crippen molar-refractivity contribution in [3.05, 3.63) is 29.8 Å². The monoisotopic (exact) mass is 318 g/mol. The average molecular weight is 318 g/mol. The first-order valence-electron chi connectivity index (χ1n) is 8.19. The summed E-state index contributed by atoms with van der Waals surface area (Å²) in [4.78, 5) is 2.74. The van der Waals surface area contributed by atoms with Gasteiger partial charge in [0.25, 0.3) is 10.0 Å². The van der Waals surface area contributed by atoms with E-state index in [1.54, 1.807) is 12.1 Å². The number of sulfonamides is 1. The fourth-order valence-corrected chi connectivity index (χ4v) is 5.67. The Kier molecular flexibility index (Phi) is 3.29. The van der Waals surface area contributed by atoms with Gasteiger partial charge in [-0.15, -0.1) is 0 Å². The molecule has 1 aromatic carbocycles. The minimum absolute atomic E-state index is 0.282. The van der Waals surface area contributed by atoms with E-state index in [1.807, 2.05) is 19.1 Å². The van der Waals surface area contributed by atoms with Crippen molar-refractivity contribution < 1.29 is 8.42 Å². The highest BCUT2D eigenvalue weighted by atomic mass is 32.2. The zero-order chi connectivity index (χ0) is 15.3. The lowest BCUT2D eigenvalue weighted by molar-refractivity contribution is 0.333. The molecule has 118 valence electrons. The fraction of sp³-hybridized carbons (Fsp3) is 0.588. The zero-order valence-electron chi connectivity index (χ0n) is 12.8. The molecule has 3 fully saturated rings. The standard InChI is InChI=1S/C17H22N2O2S/c1-11-5-7-13(8-6-11)22(20,21)19-18-17-10-12-9-16(17)15-4-2-3-14(12)15/h5-8,12,14-16,19H,2-4,9-10H2,1H3. The molecule has 4 nitrogen and oxygen atoms in total. The van der Waals surface area contributed by atoms with Crippen LogP contribution >= 0.6 is 0 Å². The maximum Gasteiger partial charge on any atom is 0.276 e. The van der Waals surface area contributed by atoms with Crippen LogP contribution in [0.1, 0.15) is 37.7 Å². The molecular weight excluding hydrogens is 296 g/mol. The Morgan fingerprint density at radius 2 is 1.86 bits per heavy atom. The van der Waals surface area contributed by atoms with Gasteiger partial charge in [-0.25, -0.2) is 4.83 Å². The summed E-state index contributed by atoms with van der Waals surface area (Å²) in [6.07, 6.45) is 6.22. The predicted octanol–water partition coefficient (Wildman–Crippen LogP) is 3.09. The van der Waals surface area contributed by atoms with Gasteiger partial charge in [0.1, 0.15) is 0 Å². The van der Waals surface area contributed by atoms with Crippen LogP contribution in [0.4, 0.5) is 0 Å². The average Bonchev–Trinajstić information content (AvgIpc) is 3.18. The Hall–Kier alpha value is -1.36. The van der Waals surface area contributed by atoms with E-state index < -0.39 is 10.0 Å². The Morgan fingerprint density at radius 3 is 2.64 bits per heavy atom. The summed E-state index contributed by atoms with van der Waals surface area (Å²) in [5.74, 6) is 2.93. The lowest BCUT2D eigenvalue weighted by Crippen LogP contribution is -2.28. The van der Waals surface area contributed by atoms with Crippen molar-refractivity contribution in [1.82, 2.24) is 4.83 Å². The smallest absolute Gasteiger partial charge is 0.200 e. The quantitative estimate of drug-likeness (QED) is 0.871. The molecular formula is C17H22N2O2S. The number of hydrazone groups is 1. The van der Waals surface area contributed by atoms with Crippen molar-refractivity contribution in [3.8, 4) is 0 Å². The van der Waals surface area contributed by atoms with Crippen LogP contribution in [-0.4, -0.2) is 14.1 Å². The summed E-state index contributed by atoms with van der Waals surface area (Å²) < 4.78 is 24.6. The number of aryl methyl sites for hydroxylation is 1. The van der Waals surface area contributed by atoms with Gasteiger partial charge in [0, 0.05) is 11.6 Å². The fourth-order valence-electron chi connectivity index (χ4n) is 4.83. The van der Waals surface area contributed by atoms with Crippen molar-refractivity contribution >= 4 is 15.7 Å². The highest BCUT2D eigenvalue weighted by molar-refractivity contribution is 7.89. The van der Waals surface area contributed by atoms with E-state index in [-0.39, 0.29) is 4.90 Å². The highest BCUT2D eigenvalue weighted by Gasteiger charge is 2.52. The predicted molar refractivity (Wildman–Crippen MR) is 86.0 cm³/mol. The Balaban J connectivity index is 1.51.